The fraction of sp³-hybridized carbons (Fsp3) is 0.200. The topological polar surface area (TPSA) is 30.7 Å². The number of alkyl halides is 1. The molecule has 78 valence electrons. The molecule has 2 aromatic rings. The van der Waals surface area contributed by atoms with E-state index in [4.69, 9.17) is 23.2 Å². The number of aryl methyl sites for hydroxylation is 1. The van der Waals surface area contributed by atoms with Crippen molar-refractivity contribution in [1.29, 1.82) is 0 Å². The Labute approximate surface area is 97.7 Å². The van der Waals surface area contributed by atoms with Crippen LogP contribution < -0.4 is 0 Å². The number of rotatable bonds is 2. The summed E-state index contributed by atoms with van der Waals surface area (Å²) < 4.78 is 1.72. The van der Waals surface area contributed by atoms with Gasteiger partial charge in [0.05, 0.1) is 22.3 Å². The van der Waals surface area contributed by atoms with Crippen molar-refractivity contribution in [3.63, 3.8) is 0 Å². The Kier molecular flexibility index (Phi) is 2.93. The molecule has 0 saturated heterocycles. The van der Waals surface area contributed by atoms with Crippen LogP contribution in [-0.2, 0) is 5.88 Å². The van der Waals surface area contributed by atoms with Gasteiger partial charge in [-0.25, -0.2) is 4.68 Å². The van der Waals surface area contributed by atoms with E-state index in [9.17, 15) is 0 Å². The minimum Gasteiger partial charge on any atom is -0.264 e. The maximum Gasteiger partial charge on any atom is 0.0819 e. The molecule has 0 bridgehead atoms. The molecule has 3 nitrogen and oxygen atoms in total. The van der Waals surface area contributed by atoms with Crippen molar-refractivity contribution < 1.29 is 0 Å². The van der Waals surface area contributed by atoms with Crippen molar-refractivity contribution in [1.82, 2.24) is 14.8 Å². The molecule has 2 rings (SSSR count). The van der Waals surface area contributed by atoms with Crippen LogP contribution in [0, 0.1) is 6.92 Å². The predicted molar refractivity (Wildman–Crippen MR) is 60.7 cm³/mol. The van der Waals surface area contributed by atoms with Crippen molar-refractivity contribution in [3.8, 4) is 5.69 Å². The summed E-state index contributed by atoms with van der Waals surface area (Å²) in [5.74, 6) is 0.402. The van der Waals surface area contributed by atoms with Gasteiger partial charge in [0, 0.05) is 24.2 Å². The maximum absolute atomic E-state index is 5.94. The van der Waals surface area contributed by atoms with Gasteiger partial charge in [0.1, 0.15) is 0 Å². The molecule has 0 N–H and O–H groups in total. The average molecular weight is 242 g/mol. The van der Waals surface area contributed by atoms with Crippen LogP contribution in [0.25, 0.3) is 5.69 Å². The smallest absolute Gasteiger partial charge is 0.0819 e. The molecule has 0 atom stereocenters. The van der Waals surface area contributed by atoms with Crippen LogP contribution in [0.5, 0.6) is 0 Å². The van der Waals surface area contributed by atoms with E-state index in [2.05, 4.69) is 10.1 Å². The Hall–Kier alpha value is -1.06. The van der Waals surface area contributed by atoms with Gasteiger partial charge in [0.2, 0.25) is 0 Å². The Balaban J connectivity index is 2.53. The van der Waals surface area contributed by atoms with E-state index in [1.807, 2.05) is 13.0 Å². The zero-order chi connectivity index (χ0) is 10.8. The quantitative estimate of drug-likeness (QED) is 0.758. The van der Waals surface area contributed by atoms with E-state index in [1.165, 1.54) is 0 Å². The molecular formula is C10H9Cl2N3. The second kappa shape index (κ2) is 4.21. The number of pyridine rings is 1. The molecule has 0 aliphatic heterocycles. The van der Waals surface area contributed by atoms with Crippen LogP contribution in [-0.4, -0.2) is 14.8 Å². The number of hydrogen-bond donors (Lipinski definition) is 0. The average Bonchev–Trinajstić information content (AvgIpc) is 2.59. The lowest BCUT2D eigenvalue weighted by Gasteiger charge is -2.05. The van der Waals surface area contributed by atoms with Gasteiger partial charge in [-0.3, -0.25) is 4.98 Å². The van der Waals surface area contributed by atoms with Crippen molar-refractivity contribution in [2.24, 2.45) is 0 Å². The lowest BCUT2D eigenvalue weighted by Crippen LogP contribution is -1.99. The lowest BCUT2D eigenvalue weighted by atomic mass is 10.2. The third-order valence-corrected chi connectivity index (χ3v) is 2.77. The van der Waals surface area contributed by atoms with Gasteiger partial charge in [-0.2, -0.15) is 5.10 Å². The van der Waals surface area contributed by atoms with Crippen molar-refractivity contribution in [2.75, 3.05) is 0 Å². The Morgan fingerprint density at radius 1 is 1.47 bits per heavy atom. The van der Waals surface area contributed by atoms with Gasteiger partial charge in [-0.1, -0.05) is 11.6 Å². The molecule has 0 aromatic carbocycles. The molecule has 0 aliphatic carbocycles. The lowest BCUT2D eigenvalue weighted by molar-refractivity contribution is 0.851. The van der Waals surface area contributed by atoms with Crippen LogP contribution in [0.3, 0.4) is 0 Å². The standard InChI is InChI=1S/C10H9Cl2N3/c1-7-9(12)6-15(14-7)10-2-3-13-5-8(10)4-11/h2-3,5-6H,4H2,1H3. The Bertz CT molecular complexity index is 460. The van der Waals surface area contributed by atoms with Gasteiger partial charge in [-0.05, 0) is 13.0 Å². The van der Waals surface area contributed by atoms with Gasteiger partial charge >= 0.3 is 0 Å². The first-order chi connectivity index (χ1) is 7.22. The van der Waals surface area contributed by atoms with E-state index >= 15 is 0 Å². The van der Waals surface area contributed by atoms with Gasteiger partial charge in [-0.15, -0.1) is 11.6 Å². The molecule has 0 amide bonds. The molecule has 0 fully saturated rings. The summed E-state index contributed by atoms with van der Waals surface area (Å²) >= 11 is 11.8. The minimum absolute atomic E-state index is 0.402. The fourth-order valence-corrected chi connectivity index (χ4v) is 1.64. The van der Waals surface area contributed by atoms with E-state index in [1.54, 1.807) is 23.3 Å². The molecular weight excluding hydrogens is 233 g/mol. The highest BCUT2D eigenvalue weighted by Crippen LogP contribution is 2.19. The van der Waals surface area contributed by atoms with Crippen molar-refractivity contribution in [2.45, 2.75) is 12.8 Å². The summed E-state index contributed by atoms with van der Waals surface area (Å²) in [6, 6.07) is 1.86. The fourth-order valence-electron chi connectivity index (χ4n) is 1.31. The third kappa shape index (κ3) is 1.98. The molecule has 0 spiro atoms. The highest BCUT2D eigenvalue weighted by molar-refractivity contribution is 6.31. The largest absolute Gasteiger partial charge is 0.264 e. The molecule has 15 heavy (non-hydrogen) atoms. The summed E-state index contributed by atoms with van der Waals surface area (Å²) in [4.78, 5) is 4.01. The van der Waals surface area contributed by atoms with E-state index in [0.29, 0.717) is 10.9 Å². The maximum atomic E-state index is 5.94. The molecule has 0 radical (unpaired) electrons. The number of aromatic nitrogens is 3. The highest BCUT2D eigenvalue weighted by Gasteiger charge is 2.07. The van der Waals surface area contributed by atoms with Crippen LogP contribution in [0.2, 0.25) is 5.02 Å². The molecule has 0 saturated carbocycles. The summed E-state index contributed by atoms with van der Waals surface area (Å²) in [5, 5.41) is 4.93. The Morgan fingerprint density at radius 3 is 2.87 bits per heavy atom. The second-order valence-electron chi connectivity index (χ2n) is 3.15. The summed E-state index contributed by atoms with van der Waals surface area (Å²) in [5.41, 5.74) is 2.64. The van der Waals surface area contributed by atoms with E-state index in [-0.39, 0.29) is 0 Å². The third-order valence-electron chi connectivity index (χ3n) is 2.11. The summed E-state index contributed by atoms with van der Waals surface area (Å²) in [6.45, 7) is 1.86. The molecule has 0 aliphatic rings. The van der Waals surface area contributed by atoms with Crippen LogP contribution >= 0.6 is 23.2 Å². The van der Waals surface area contributed by atoms with E-state index < -0.39 is 0 Å². The van der Waals surface area contributed by atoms with Crippen molar-refractivity contribution >= 4 is 23.2 Å². The molecule has 0 unspecified atom stereocenters. The van der Waals surface area contributed by atoms with Crippen LogP contribution in [0.4, 0.5) is 0 Å². The van der Waals surface area contributed by atoms with Crippen molar-refractivity contribution in [3.05, 3.63) is 40.9 Å². The number of nitrogens with zero attached hydrogens (tertiary/aromatic N) is 3. The van der Waals surface area contributed by atoms with Crippen LogP contribution in [0.1, 0.15) is 11.3 Å². The van der Waals surface area contributed by atoms with Gasteiger partial charge in [0.15, 0.2) is 0 Å². The van der Waals surface area contributed by atoms with Gasteiger partial charge < -0.3 is 0 Å². The SMILES string of the molecule is Cc1nn(-c2ccncc2CCl)cc1Cl. The van der Waals surface area contributed by atoms with E-state index in [0.717, 1.165) is 16.9 Å². The zero-order valence-electron chi connectivity index (χ0n) is 8.11. The molecule has 2 aromatic heterocycles. The van der Waals surface area contributed by atoms with Gasteiger partial charge in [0.25, 0.3) is 0 Å². The molecule has 5 heteroatoms. The first kappa shape index (κ1) is 10.5. The number of halogens is 2. The first-order valence-electron chi connectivity index (χ1n) is 4.43. The monoisotopic (exact) mass is 241 g/mol. The molecule has 2 heterocycles. The first-order valence-corrected chi connectivity index (χ1v) is 5.34. The normalized spacial score (nSPS) is 10.6. The second-order valence-corrected chi connectivity index (χ2v) is 3.82. The predicted octanol–water partition coefficient (Wildman–Crippen LogP) is 2.97. The number of hydrogen-bond acceptors (Lipinski definition) is 2. The highest BCUT2D eigenvalue weighted by atomic mass is 35.5. The minimum atomic E-state index is 0.402. The van der Waals surface area contributed by atoms with Crippen LogP contribution in [0.15, 0.2) is 24.7 Å². The summed E-state index contributed by atoms with van der Waals surface area (Å²) in [7, 11) is 0. The zero-order valence-corrected chi connectivity index (χ0v) is 9.63. The summed E-state index contributed by atoms with van der Waals surface area (Å²) in [6.07, 6.45) is 5.20. The Morgan fingerprint density at radius 2 is 2.27 bits per heavy atom.